The summed E-state index contributed by atoms with van der Waals surface area (Å²) in [6.07, 6.45) is 8.51. The summed E-state index contributed by atoms with van der Waals surface area (Å²) in [5, 5.41) is 5.48. The number of hydrazine groups is 1. The summed E-state index contributed by atoms with van der Waals surface area (Å²) in [5.41, 5.74) is 3.20. The van der Waals surface area contributed by atoms with Gasteiger partial charge in [-0.25, -0.2) is 4.98 Å². The van der Waals surface area contributed by atoms with Gasteiger partial charge in [0, 0.05) is 24.7 Å². The topological polar surface area (TPSA) is 110 Å². The number of ether oxygens (including phenoxy) is 2. The van der Waals surface area contributed by atoms with Crippen molar-refractivity contribution in [1.82, 2.24) is 25.5 Å². The van der Waals surface area contributed by atoms with Crippen LogP contribution < -0.4 is 10.2 Å². The quantitative estimate of drug-likeness (QED) is 0.718. The highest BCUT2D eigenvalue weighted by molar-refractivity contribution is 5.94. The van der Waals surface area contributed by atoms with Gasteiger partial charge in [-0.15, -0.1) is 0 Å². The van der Waals surface area contributed by atoms with Crippen LogP contribution in [0.25, 0.3) is 0 Å². The van der Waals surface area contributed by atoms with E-state index in [9.17, 15) is 9.59 Å². The van der Waals surface area contributed by atoms with Crippen molar-refractivity contribution in [1.29, 1.82) is 0 Å². The first-order valence-electron chi connectivity index (χ1n) is 10.4. The Morgan fingerprint density at radius 1 is 1.29 bits per heavy atom. The molecule has 2 aromatic heterocycles. The molecule has 4 heterocycles. The minimum Gasteiger partial charge on any atom is -0.489 e. The lowest BCUT2D eigenvalue weighted by Crippen LogP contribution is -2.40. The van der Waals surface area contributed by atoms with Crippen molar-refractivity contribution < 1.29 is 23.6 Å². The molecule has 1 aliphatic carbocycles. The number of likely N-dealkylation sites (tertiary alicyclic amines) is 1. The van der Waals surface area contributed by atoms with Crippen molar-refractivity contribution in [2.45, 2.75) is 37.6 Å². The number of nitrogens with one attached hydrogen (secondary N) is 1. The van der Waals surface area contributed by atoms with E-state index in [0.29, 0.717) is 23.9 Å². The zero-order valence-electron chi connectivity index (χ0n) is 16.9. The van der Waals surface area contributed by atoms with Crippen LogP contribution in [-0.2, 0) is 4.74 Å². The highest BCUT2D eigenvalue weighted by Gasteiger charge is 2.34. The summed E-state index contributed by atoms with van der Waals surface area (Å²) in [5.74, 6) is 1.01. The number of aromatic nitrogens is 2. The van der Waals surface area contributed by atoms with E-state index < -0.39 is 5.91 Å². The van der Waals surface area contributed by atoms with Crippen LogP contribution in [0.15, 0.2) is 41.4 Å². The van der Waals surface area contributed by atoms with Crippen molar-refractivity contribution in [2.24, 2.45) is 0 Å². The van der Waals surface area contributed by atoms with E-state index in [0.717, 1.165) is 31.4 Å². The summed E-state index contributed by atoms with van der Waals surface area (Å²) in [6.45, 7) is 1.14. The summed E-state index contributed by atoms with van der Waals surface area (Å²) >= 11 is 0. The van der Waals surface area contributed by atoms with Crippen LogP contribution in [0.2, 0.25) is 0 Å². The first-order valence-corrected chi connectivity index (χ1v) is 10.4. The number of hydrogen-bond donors (Lipinski definition) is 1. The van der Waals surface area contributed by atoms with Crippen LogP contribution in [0, 0.1) is 0 Å². The second-order valence-electron chi connectivity index (χ2n) is 7.84. The lowest BCUT2D eigenvalue weighted by molar-refractivity contribution is 0.0672. The van der Waals surface area contributed by atoms with Gasteiger partial charge in [0.1, 0.15) is 18.6 Å². The monoisotopic (exact) mass is 425 g/mol. The van der Waals surface area contributed by atoms with Gasteiger partial charge in [-0.05, 0) is 37.8 Å². The molecule has 1 N–H and O–H groups in total. The molecule has 2 aromatic rings. The second kappa shape index (κ2) is 8.29. The largest absolute Gasteiger partial charge is 0.489 e. The molecule has 5 rings (SSSR count). The number of rotatable bonds is 7. The third-order valence-corrected chi connectivity index (χ3v) is 5.58. The van der Waals surface area contributed by atoms with Crippen molar-refractivity contribution in [3.8, 4) is 5.75 Å². The first-order chi connectivity index (χ1) is 15.2. The van der Waals surface area contributed by atoms with Crippen LogP contribution in [0.1, 0.15) is 58.3 Å². The molecule has 10 nitrogen and oxygen atoms in total. The fourth-order valence-corrected chi connectivity index (χ4v) is 3.77. The fraction of sp³-hybridized carbons (Fsp3) is 0.429. The van der Waals surface area contributed by atoms with E-state index in [4.69, 9.17) is 14.0 Å². The number of hydrogen-bond acceptors (Lipinski definition) is 8. The van der Waals surface area contributed by atoms with Gasteiger partial charge in [-0.1, -0.05) is 5.16 Å². The highest BCUT2D eigenvalue weighted by atomic mass is 16.5. The van der Waals surface area contributed by atoms with E-state index in [2.05, 4.69) is 15.6 Å². The molecule has 162 valence electrons. The molecule has 0 bridgehead atoms. The zero-order valence-corrected chi connectivity index (χ0v) is 16.9. The highest BCUT2D eigenvalue weighted by Crippen LogP contribution is 2.40. The van der Waals surface area contributed by atoms with E-state index in [1.165, 1.54) is 17.5 Å². The van der Waals surface area contributed by atoms with E-state index in [1.807, 2.05) is 0 Å². The third kappa shape index (κ3) is 4.18. The van der Waals surface area contributed by atoms with Gasteiger partial charge in [-0.2, -0.15) is 0 Å². The Balaban J connectivity index is 1.23. The predicted molar refractivity (Wildman–Crippen MR) is 107 cm³/mol. The maximum atomic E-state index is 12.9. The van der Waals surface area contributed by atoms with Gasteiger partial charge in [0.25, 0.3) is 11.8 Å². The molecular formula is C21H23N5O5. The maximum Gasteiger partial charge on any atom is 0.292 e. The van der Waals surface area contributed by atoms with Gasteiger partial charge < -0.3 is 18.9 Å². The minimum absolute atomic E-state index is 0.111. The van der Waals surface area contributed by atoms with Crippen molar-refractivity contribution in [3.63, 3.8) is 0 Å². The first kappa shape index (κ1) is 19.4. The number of nitrogens with zero attached hydrogens (tertiary/aromatic N) is 4. The smallest absolute Gasteiger partial charge is 0.292 e. The molecule has 10 heteroatoms. The summed E-state index contributed by atoms with van der Waals surface area (Å²) < 4.78 is 16.3. The normalized spacial score (nSPS) is 20.1. The number of amides is 2. The molecule has 1 atom stereocenters. The molecule has 2 fully saturated rings. The number of pyridine rings is 1. The molecule has 0 radical (unpaired) electrons. The lowest BCUT2D eigenvalue weighted by atomic mass is 10.2. The van der Waals surface area contributed by atoms with Crippen LogP contribution in [0.5, 0.6) is 5.75 Å². The van der Waals surface area contributed by atoms with Crippen LogP contribution in [0.3, 0.4) is 0 Å². The molecule has 3 aliphatic rings. The molecule has 0 spiro atoms. The van der Waals surface area contributed by atoms with E-state index in [-0.39, 0.29) is 31.0 Å². The maximum absolute atomic E-state index is 12.9. The molecule has 31 heavy (non-hydrogen) atoms. The predicted octanol–water partition coefficient (Wildman–Crippen LogP) is 2.04. The fourth-order valence-electron chi connectivity index (χ4n) is 3.77. The average Bonchev–Trinajstić information content (AvgIpc) is 3.18. The van der Waals surface area contributed by atoms with Gasteiger partial charge in [0.2, 0.25) is 0 Å². The Morgan fingerprint density at radius 2 is 2.19 bits per heavy atom. The van der Waals surface area contributed by atoms with Crippen molar-refractivity contribution in [2.75, 3.05) is 19.9 Å². The Morgan fingerprint density at radius 3 is 3.00 bits per heavy atom. The van der Waals surface area contributed by atoms with Gasteiger partial charge >= 0.3 is 0 Å². The Hall–Kier alpha value is -3.56. The van der Waals surface area contributed by atoms with Gasteiger partial charge in [-0.3, -0.25) is 20.0 Å². The molecule has 2 aliphatic heterocycles. The van der Waals surface area contributed by atoms with Gasteiger partial charge in [0.05, 0.1) is 12.2 Å². The zero-order chi connectivity index (χ0) is 21.2. The molecule has 2 amide bonds. The number of carbonyl (C=O) groups excluding carboxylic acids is 2. The minimum atomic E-state index is -0.402. The Labute approximate surface area is 178 Å². The number of carbonyl (C=O) groups is 2. The Kier molecular flexibility index (Phi) is 5.19. The molecule has 1 saturated carbocycles. The molecule has 1 saturated heterocycles. The summed E-state index contributed by atoms with van der Waals surface area (Å²) in [6, 6.07) is 5.05. The standard InChI is InChI=1S/C21H23N5O5/c27-20(23-25-9-10-29-13-25)19-17(4-1-7-22-19)30-12-15-3-2-8-26(15)21(28)16-11-18(31-24-16)14-5-6-14/h1,4,7,9-11,14-15H,2-3,5-6,8,12-13H2,(H,23,27)/t15-/m1/s1. The average molecular weight is 425 g/mol. The van der Waals surface area contributed by atoms with E-state index in [1.54, 1.807) is 29.3 Å². The van der Waals surface area contributed by atoms with E-state index >= 15 is 0 Å². The molecule has 0 aromatic carbocycles. The molecular weight excluding hydrogens is 402 g/mol. The second-order valence-corrected chi connectivity index (χ2v) is 7.84. The van der Waals surface area contributed by atoms with Crippen molar-refractivity contribution in [3.05, 3.63) is 54.0 Å². The van der Waals surface area contributed by atoms with Crippen molar-refractivity contribution >= 4 is 11.8 Å². The Bertz CT molecular complexity index is 1000. The summed E-state index contributed by atoms with van der Waals surface area (Å²) in [7, 11) is 0. The van der Waals surface area contributed by atoms with Crippen LogP contribution >= 0.6 is 0 Å². The summed E-state index contributed by atoms with van der Waals surface area (Å²) in [4.78, 5) is 31.4. The van der Waals surface area contributed by atoms with Gasteiger partial charge in [0.15, 0.2) is 23.9 Å². The third-order valence-electron chi connectivity index (χ3n) is 5.58. The molecule has 0 unspecified atom stereocenters. The van der Waals surface area contributed by atoms with Crippen LogP contribution in [0.4, 0.5) is 0 Å². The lowest BCUT2D eigenvalue weighted by Gasteiger charge is -2.24. The SMILES string of the molecule is O=C(NN1C=COC1)c1ncccc1OC[C@H]1CCCN1C(=O)c1cc(C2CC2)on1. The van der Waals surface area contributed by atoms with Crippen LogP contribution in [-0.4, -0.2) is 57.8 Å².